The van der Waals surface area contributed by atoms with Crippen molar-refractivity contribution < 1.29 is 0 Å². The topological polar surface area (TPSA) is 15.3 Å². The second kappa shape index (κ2) is 8.65. The third kappa shape index (κ3) is 6.36. The van der Waals surface area contributed by atoms with Gasteiger partial charge in [-0.2, -0.15) is 11.8 Å². The highest BCUT2D eigenvalue weighted by atomic mass is 32.2. The van der Waals surface area contributed by atoms with Gasteiger partial charge in [0.05, 0.1) is 0 Å². The standard InChI is InChI=1S/C17H36N2S/c1-7-20-10-8-9-19-13-16(17(4,5)6)18-12-15(19)11-14(2)3/h14-16,18H,7-13H2,1-6H3. The van der Waals surface area contributed by atoms with E-state index in [1.165, 1.54) is 44.0 Å². The predicted octanol–water partition coefficient (Wildman–Crippen LogP) is 3.86. The van der Waals surface area contributed by atoms with Crippen molar-refractivity contribution in [3.8, 4) is 0 Å². The van der Waals surface area contributed by atoms with E-state index in [2.05, 4.69) is 63.5 Å². The molecule has 3 heteroatoms. The van der Waals surface area contributed by atoms with Crippen molar-refractivity contribution >= 4 is 11.8 Å². The monoisotopic (exact) mass is 300 g/mol. The van der Waals surface area contributed by atoms with Crippen molar-refractivity contribution in [3.05, 3.63) is 0 Å². The Kier molecular flexibility index (Phi) is 7.92. The van der Waals surface area contributed by atoms with E-state index in [-0.39, 0.29) is 0 Å². The van der Waals surface area contributed by atoms with Crippen LogP contribution < -0.4 is 5.32 Å². The van der Waals surface area contributed by atoms with Gasteiger partial charge in [0.25, 0.3) is 0 Å². The maximum atomic E-state index is 3.80. The lowest BCUT2D eigenvalue weighted by molar-refractivity contribution is 0.0755. The quantitative estimate of drug-likeness (QED) is 0.719. The molecule has 1 N–H and O–H groups in total. The van der Waals surface area contributed by atoms with Crippen LogP contribution in [0.4, 0.5) is 0 Å². The maximum absolute atomic E-state index is 3.80. The van der Waals surface area contributed by atoms with Crippen LogP contribution in [-0.4, -0.2) is 48.1 Å². The van der Waals surface area contributed by atoms with E-state index in [1.54, 1.807) is 0 Å². The van der Waals surface area contributed by atoms with Gasteiger partial charge in [0, 0.05) is 25.2 Å². The van der Waals surface area contributed by atoms with Gasteiger partial charge < -0.3 is 5.32 Å². The van der Waals surface area contributed by atoms with E-state index in [0.717, 1.165) is 12.0 Å². The van der Waals surface area contributed by atoms with E-state index in [4.69, 9.17) is 0 Å². The molecule has 2 atom stereocenters. The van der Waals surface area contributed by atoms with Gasteiger partial charge in [-0.1, -0.05) is 41.5 Å². The number of hydrogen-bond acceptors (Lipinski definition) is 3. The molecule has 120 valence electrons. The van der Waals surface area contributed by atoms with E-state index < -0.39 is 0 Å². The minimum absolute atomic E-state index is 0.360. The lowest BCUT2D eigenvalue weighted by Crippen LogP contribution is -2.60. The van der Waals surface area contributed by atoms with Gasteiger partial charge in [0.15, 0.2) is 0 Å². The Bertz CT molecular complexity index is 260. The third-order valence-corrected chi connectivity index (χ3v) is 5.25. The first-order valence-electron chi connectivity index (χ1n) is 8.39. The molecular weight excluding hydrogens is 264 g/mol. The highest BCUT2D eigenvalue weighted by Crippen LogP contribution is 2.25. The van der Waals surface area contributed by atoms with Crippen molar-refractivity contribution in [2.45, 2.75) is 66.5 Å². The molecule has 1 aliphatic rings. The van der Waals surface area contributed by atoms with E-state index in [1.807, 2.05) is 0 Å². The molecule has 0 bridgehead atoms. The molecular formula is C17H36N2S. The van der Waals surface area contributed by atoms with Gasteiger partial charge in [-0.15, -0.1) is 0 Å². The summed E-state index contributed by atoms with van der Waals surface area (Å²) in [7, 11) is 0. The van der Waals surface area contributed by atoms with Crippen molar-refractivity contribution in [1.82, 2.24) is 10.2 Å². The maximum Gasteiger partial charge on any atom is 0.0244 e. The van der Waals surface area contributed by atoms with Gasteiger partial charge in [-0.3, -0.25) is 4.90 Å². The fourth-order valence-corrected chi connectivity index (χ4v) is 3.62. The fraction of sp³-hybridized carbons (Fsp3) is 1.00. The van der Waals surface area contributed by atoms with Crippen LogP contribution in [0.1, 0.15) is 54.4 Å². The third-order valence-electron chi connectivity index (χ3n) is 4.26. The van der Waals surface area contributed by atoms with Crippen LogP contribution in [0.15, 0.2) is 0 Å². The molecule has 0 saturated carbocycles. The summed E-state index contributed by atoms with van der Waals surface area (Å²) < 4.78 is 0. The zero-order valence-electron chi connectivity index (χ0n) is 14.5. The first-order chi connectivity index (χ1) is 9.34. The van der Waals surface area contributed by atoms with Crippen LogP contribution in [0.2, 0.25) is 0 Å². The fourth-order valence-electron chi connectivity index (χ4n) is 3.00. The molecule has 0 aromatic rings. The minimum atomic E-state index is 0.360. The molecule has 0 aliphatic carbocycles. The van der Waals surface area contributed by atoms with Gasteiger partial charge in [0.1, 0.15) is 0 Å². The minimum Gasteiger partial charge on any atom is -0.311 e. The number of rotatable bonds is 7. The lowest BCUT2D eigenvalue weighted by atomic mass is 9.84. The Morgan fingerprint density at radius 3 is 2.55 bits per heavy atom. The average Bonchev–Trinajstić information content (AvgIpc) is 2.34. The molecule has 0 aromatic heterocycles. The number of thioether (sulfide) groups is 1. The molecule has 20 heavy (non-hydrogen) atoms. The van der Waals surface area contributed by atoms with Crippen LogP contribution in [0.25, 0.3) is 0 Å². The largest absolute Gasteiger partial charge is 0.311 e. The molecule has 2 nitrogen and oxygen atoms in total. The number of piperazine rings is 1. The molecule has 1 aliphatic heterocycles. The predicted molar refractivity (Wildman–Crippen MR) is 93.7 cm³/mol. The zero-order valence-corrected chi connectivity index (χ0v) is 15.4. The van der Waals surface area contributed by atoms with Crippen molar-refractivity contribution in [2.24, 2.45) is 11.3 Å². The lowest BCUT2D eigenvalue weighted by Gasteiger charge is -2.45. The van der Waals surface area contributed by atoms with Gasteiger partial charge in [-0.05, 0) is 42.2 Å². The normalized spacial score (nSPS) is 25.4. The van der Waals surface area contributed by atoms with Crippen LogP contribution in [0.5, 0.6) is 0 Å². The number of nitrogens with zero attached hydrogens (tertiary/aromatic N) is 1. The first-order valence-corrected chi connectivity index (χ1v) is 9.55. The van der Waals surface area contributed by atoms with E-state index in [0.29, 0.717) is 11.5 Å². The number of nitrogens with one attached hydrogen (secondary N) is 1. The summed E-state index contributed by atoms with van der Waals surface area (Å²) in [6, 6.07) is 1.37. The highest BCUT2D eigenvalue weighted by Gasteiger charge is 2.33. The molecule has 0 radical (unpaired) electrons. The van der Waals surface area contributed by atoms with Crippen LogP contribution in [0, 0.1) is 11.3 Å². The molecule has 0 spiro atoms. The molecule has 1 heterocycles. The van der Waals surface area contributed by atoms with Gasteiger partial charge >= 0.3 is 0 Å². The van der Waals surface area contributed by atoms with Crippen LogP contribution >= 0.6 is 11.8 Å². The Balaban J connectivity index is 2.53. The molecule has 1 fully saturated rings. The van der Waals surface area contributed by atoms with E-state index >= 15 is 0 Å². The highest BCUT2D eigenvalue weighted by molar-refractivity contribution is 7.99. The summed E-state index contributed by atoms with van der Waals surface area (Å²) in [5.74, 6) is 3.36. The van der Waals surface area contributed by atoms with Gasteiger partial charge in [0.2, 0.25) is 0 Å². The summed E-state index contributed by atoms with van der Waals surface area (Å²) >= 11 is 2.08. The summed E-state index contributed by atoms with van der Waals surface area (Å²) in [6.07, 6.45) is 2.66. The molecule has 1 rings (SSSR count). The zero-order chi connectivity index (χ0) is 15.2. The second-order valence-electron chi connectivity index (χ2n) is 7.66. The van der Waals surface area contributed by atoms with Crippen molar-refractivity contribution in [1.29, 1.82) is 0 Å². The Labute approximate surface area is 131 Å². The summed E-state index contributed by atoms with van der Waals surface area (Å²) in [6.45, 7) is 17.7. The second-order valence-corrected chi connectivity index (χ2v) is 9.05. The summed E-state index contributed by atoms with van der Waals surface area (Å²) in [5, 5.41) is 3.80. The first kappa shape index (κ1) is 18.3. The number of hydrogen-bond donors (Lipinski definition) is 1. The summed E-state index contributed by atoms with van der Waals surface area (Å²) in [4.78, 5) is 2.77. The Morgan fingerprint density at radius 2 is 2.00 bits per heavy atom. The Hall–Kier alpha value is 0.270. The van der Waals surface area contributed by atoms with Gasteiger partial charge in [-0.25, -0.2) is 0 Å². The molecule has 0 aromatic carbocycles. The van der Waals surface area contributed by atoms with Crippen LogP contribution in [0.3, 0.4) is 0 Å². The van der Waals surface area contributed by atoms with Crippen molar-refractivity contribution in [3.63, 3.8) is 0 Å². The van der Waals surface area contributed by atoms with E-state index in [9.17, 15) is 0 Å². The SMILES string of the molecule is CCSCCCN1CC(C(C)(C)C)NCC1CC(C)C. The molecule has 2 unspecified atom stereocenters. The van der Waals surface area contributed by atoms with Crippen LogP contribution in [-0.2, 0) is 0 Å². The summed E-state index contributed by atoms with van der Waals surface area (Å²) in [5.41, 5.74) is 0.360. The average molecular weight is 301 g/mol. The van der Waals surface area contributed by atoms with Crippen molar-refractivity contribution in [2.75, 3.05) is 31.1 Å². The Morgan fingerprint density at radius 1 is 1.30 bits per heavy atom. The smallest absolute Gasteiger partial charge is 0.0244 e. The molecule has 0 amide bonds. The molecule has 1 saturated heterocycles.